The number of halogens is 4. The molecule has 0 saturated carbocycles. The highest BCUT2D eigenvalue weighted by atomic mass is 32.2. The topological polar surface area (TPSA) is 112 Å². The average molecular weight is 516 g/mol. The molecule has 0 unspecified atom stereocenters. The minimum atomic E-state index is -3.28. The van der Waals surface area contributed by atoms with Crippen LogP contribution in [0.3, 0.4) is 0 Å². The molecule has 2 aromatic heterocycles. The van der Waals surface area contributed by atoms with Crippen LogP contribution in [0.4, 0.5) is 17.6 Å². The second kappa shape index (κ2) is 8.36. The molecule has 0 radical (unpaired) electrons. The van der Waals surface area contributed by atoms with Crippen LogP contribution in [0.5, 0.6) is 5.88 Å². The predicted octanol–water partition coefficient (Wildman–Crippen LogP) is 2.56. The fourth-order valence-corrected chi connectivity index (χ4v) is 6.22. The normalized spacial score (nSPS) is 16.5. The van der Waals surface area contributed by atoms with Gasteiger partial charge in [-0.15, -0.1) is 0 Å². The molecular weight excluding hydrogens is 496 g/mol. The summed E-state index contributed by atoms with van der Waals surface area (Å²) in [5.74, 6) is -4.26. The van der Waals surface area contributed by atoms with Crippen molar-refractivity contribution in [2.75, 3.05) is 11.5 Å². The van der Waals surface area contributed by atoms with Crippen molar-refractivity contribution in [2.24, 2.45) is 0 Å². The summed E-state index contributed by atoms with van der Waals surface area (Å²) in [4.78, 5) is 29.4. The monoisotopic (exact) mass is 516 g/mol. The molecule has 0 spiro atoms. The number of carbonyl (C=O) groups is 1. The third-order valence-electron chi connectivity index (χ3n) is 5.48. The van der Waals surface area contributed by atoms with Crippen LogP contribution in [0, 0.1) is 11.6 Å². The van der Waals surface area contributed by atoms with Gasteiger partial charge < -0.3 is 10.1 Å². The highest BCUT2D eigenvalue weighted by molar-refractivity contribution is 7.93. The molecule has 3 heterocycles. The predicted molar refractivity (Wildman–Crippen MR) is 117 cm³/mol. The van der Waals surface area contributed by atoms with Crippen LogP contribution in [-0.4, -0.2) is 52.1 Å². The first-order valence-electron chi connectivity index (χ1n) is 10.3. The van der Waals surface area contributed by atoms with E-state index in [1.807, 2.05) is 0 Å². The highest BCUT2D eigenvalue weighted by Gasteiger charge is 2.46. The van der Waals surface area contributed by atoms with E-state index >= 15 is 4.39 Å². The first-order chi connectivity index (χ1) is 16.2. The van der Waals surface area contributed by atoms with Gasteiger partial charge in [-0.1, -0.05) is 0 Å². The van der Waals surface area contributed by atoms with E-state index in [4.69, 9.17) is 0 Å². The van der Waals surface area contributed by atoms with Crippen molar-refractivity contribution >= 4 is 26.8 Å². The van der Waals surface area contributed by atoms with Crippen molar-refractivity contribution in [2.45, 2.75) is 39.0 Å². The van der Waals surface area contributed by atoms with Gasteiger partial charge in [0.05, 0.1) is 45.5 Å². The Morgan fingerprint density at radius 2 is 1.80 bits per heavy atom. The largest absolute Gasteiger partial charge is 0.417 e. The van der Waals surface area contributed by atoms with E-state index in [0.29, 0.717) is 6.20 Å². The van der Waals surface area contributed by atoms with Crippen LogP contribution in [0.25, 0.3) is 16.7 Å². The number of nitrogens with one attached hydrogen (secondary N) is 1. The number of hydrogen-bond acceptors (Lipinski definition) is 6. The van der Waals surface area contributed by atoms with Gasteiger partial charge in [-0.25, -0.2) is 27.0 Å². The van der Waals surface area contributed by atoms with Crippen LogP contribution < -0.4 is 15.7 Å². The summed E-state index contributed by atoms with van der Waals surface area (Å²) >= 11 is 0. The van der Waals surface area contributed by atoms with Gasteiger partial charge >= 0.3 is 12.3 Å². The van der Waals surface area contributed by atoms with E-state index in [2.05, 4.69) is 15.0 Å². The molecule has 0 bridgehead atoms. The minimum Gasteiger partial charge on any atom is -0.417 e. The molecule has 35 heavy (non-hydrogen) atoms. The molecule has 1 amide bonds. The van der Waals surface area contributed by atoms with Crippen LogP contribution in [0.2, 0.25) is 0 Å². The summed E-state index contributed by atoms with van der Waals surface area (Å²) in [6.45, 7) is 1.51. The van der Waals surface area contributed by atoms with E-state index in [1.165, 1.54) is 11.5 Å². The number of aromatic nitrogens is 3. The van der Waals surface area contributed by atoms with Crippen LogP contribution in [-0.2, 0) is 9.84 Å². The maximum atomic E-state index is 15.1. The molecule has 0 atom stereocenters. The third-order valence-corrected chi connectivity index (χ3v) is 7.63. The molecule has 1 aliphatic heterocycles. The summed E-state index contributed by atoms with van der Waals surface area (Å²) in [6.07, 6.45) is 0.587. The Labute approximate surface area is 196 Å². The number of pyridine rings is 1. The van der Waals surface area contributed by atoms with E-state index in [-0.39, 0.29) is 22.5 Å². The number of benzene rings is 1. The van der Waals surface area contributed by atoms with Crippen molar-refractivity contribution in [1.29, 1.82) is 0 Å². The molecule has 1 aromatic carbocycles. The molecule has 14 heteroatoms. The SMILES string of the molecule is CC(C)n1c(=O)n(-c2cc(OC(F)F)ncc2F)c2cc(F)c(C(=O)NC3(C)CS(=O)(=O)C3)cc21. The molecule has 1 aliphatic rings. The summed E-state index contributed by atoms with van der Waals surface area (Å²) in [5.41, 5.74) is -2.92. The first-order valence-corrected chi connectivity index (χ1v) is 12.1. The zero-order valence-electron chi connectivity index (χ0n) is 18.7. The lowest BCUT2D eigenvalue weighted by molar-refractivity contribution is -0.0529. The number of alkyl halides is 2. The molecule has 4 rings (SSSR count). The third kappa shape index (κ3) is 4.49. The van der Waals surface area contributed by atoms with Gasteiger partial charge in [-0.05, 0) is 26.8 Å². The summed E-state index contributed by atoms with van der Waals surface area (Å²) in [7, 11) is -3.28. The van der Waals surface area contributed by atoms with Crippen molar-refractivity contribution < 1.29 is 35.5 Å². The Bertz CT molecular complexity index is 1500. The zero-order chi connectivity index (χ0) is 25.9. The van der Waals surface area contributed by atoms with Crippen LogP contribution in [0.1, 0.15) is 37.2 Å². The smallest absolute Gasteiger partial charge is 0.388 e. The Morgan fingerprint density at radius 3 is 2.37 bits per heavy atom. The summed E-state index contributed by atoms with van der Waals surface area (Å²) in [5, 5.41) is 2.50. The number of carbonyl (C=O) groups excluding carboxylic acids is 1. The lowest BCUT2D eigenvalue weighted by Gasteiger charge is -2.38. The summed E-state index contributed by atoms with van der Waals surface area (Å²) < 4.78 is 84.1. The van der Waals surface area contributed by atoms with E-state index in [1.54, 1.807) is 13.8 Å². The molecule has 9 nitrogen and oxygen atoms in total. The van der Waals surface area contributed by atoms with Gasteiger partial charge in [0.2, 0.25) is 5.88 Å². The van der Waals surface area contributed by atoms with Gasteiger partial charge in [-0.2, -0.15) is 8.78 Å². The molecule has 0 aliphatic carbocycles. The van der Waals surface area contributed by atoms with E-state index in [0.717, 1.165) is 22.8 Å². The first kappa shape index (κ1) is 24.7. The molecule has 1 saturated heterocycles. The van der Waals surface area contributed by atoms with Gasteiger partial charge in [0, 0.05) is 18.2 Å². The Hall–Kier alpha value is -3.42. The average Bonchev–Trinajstić information content (AvgIpc) is 2.97. The number of imidazole rings is 1. The lowest BCUT2D eigenvalue weighted by Crippen LogP contribution is -2.63. The molecule has 188 valence electrons. The fraction of sp³-hybridized carbons (Fsp3) is 0.381. The van der Waals surface area contributed by atoms with Crippen LogP contribution in [0.15, 0.2) is 29.2 Å². The highest BCUT2D eigenvalue weighted by Crippen LogP contribution is 2.28. The fourth-order valence-electron chi connectivity index (χ4n) is 4.22. The van der Waals surface area contributed by atoms with Crippen molar-refractivity contribution in [3.63, 3.8) is 0 Å². The van der Waals surface area contributed by atoms with E-state index in [9.17, 15) is 31.2 Å². The van der Waals surface area contributed by atoms with Crippen molar-refractivity contribution in [3.8, 4) is 11.6 Å². The lowest BCUT2D eigenvalue weighted by atomic mass is 10.1. The summed E-state index contributed by atoms with van der Waals surface area (Å²) in [6, 6.07) is 2.20. The van der Waals surface area contributed by atoms with Gasteiger partial charge in [-0.3, -0.25) is 13.9 Å². The molecule has 1 fully saturated rings. The number of ether oxygens (including phenoxy) is 1. The standard InChI is InChI=1S/C21H20F4N4O5S/c1-10(2)28-15-4-11(18(30)27-21(3)8-35(32,33)9-21)12(22)5-16(15)29(20(28)31)14-6-17(34-19(24)25)26-7-13(14)23/h4-7,10,19H,8-9H2,1-3H3,(H,27,30). The second-order valence-corrected chi connectivity index (χ2v) is 10.9. The van der Waals surface area contributed by atoms with Gasteiger partial charge in [0.15, 0.2) is 15.7 Å². The Balaban J connectivity index is 1.87. The maximum absolute atomic E-state index is 15.1. The quantitative estimate of drug-likeness (QED) is 0.504. The van der Waals surface area contributed by atoms with Gasteiger partial charge in [0.1, 0.15) is 5.82 Å². The van der Waals surface area contributed by atoms with Crippen molar-refractivity contribution in [1.82, 2.24) is 19.4 Å². The maximum Gasteiger partial charge on any atom is 0.388 e. The number of amides is 1. The molecule has 3 aromatic rings. The minimum absolute atomic E-state index is 0.0653. The molecule has 1 N–H and O–H groups in total. The number of nitrogens with zero attached hydrogens (tertiary/aromatic N) is 3. The number of rotatable bonds is 6. The number of sulfone groups is 1. The van der Waals surface area contributed by atoms with Crippen LogP contribution >= 0.6 is 0 Å². The Kier molecular flexibility index (Phi) is 5.90. The van der Waals surface area contributed by atoms with Gasteiger partial charge in [0.25, 0.3) is 5.91 Å². The molecular formula is C21H20F4N4O5S. The zero-order valence-corrected chi connectivity index (χ0v) is 19.5. The van der Waals surface area contributed by atoms with E-state index < -0.39 is 68.4 Å². The Morgan fingerprint density at radius 1 is 1.14 bits per heavy atom. The number of hydrogen-bond donors (Lipinski definition) is 1. The second-order valence-electron chi connectivity index (χ2n) is 8.80. The van der Waals surface area contributed by atoms with Crippen molar-refractivity contribution in [3.05, 3.63) is 52.1 Å². The number of fused-ring (bicyclic) bond motifs is 1.